The second-order valence-corrected chi connectivity index (χ2v) is 16.5. The van der Waals surface area contributed by atoms with E-state index in [1.165, 1.54) is 0 Å². The first-order valence-electron chi connectivity index (χ1n) is 25.7. The zero-order valence-electron chi connectivity index (χ0n) is 45.0. The summed E-state index contributed by atoms with van der Waals surface area (Å²) in [6, 6.07) is 39.2. The van der Waals surface area contributed by atoms with E-state index in [-0.39, 0.29) is 54.4 Å². The summed E-state index contributed by atoms with van der Waals surface area (Å²) in [5, 5.41) is 3.86. The van der Waals surface area contributed by atoms with E-state index in [9.17, 15) is 0 Å². The van der Waals surface area contributed by atoms with Gasteiger partial charge in [0.1, 0.15) is 11.4 Å². The quantitative estimate of drug-likeness (QED) is 0.118. The van der Waals surface area contributed by atoms with Crippen molar-refractivity contribution in [1.82, 2.24) is 14.1 Å². The maximum absolute atomic E-state index is 9.03. The molecule has 12 aromatic rings. The zero-order valence-corrected chi connectivity index (χ0v) is 37.3. The molecule has 0 unspecified atom stereocenters. The van der Waals surface area contributed by atoms with Crippen molar-refractivity contribution < 1.29 is 48.5 Å². The number of para-hydroxylation sites is 4. The second-order valence-electron chi connectivity index (χ2n) is 16.5. The van der Waals surface area contributed by atoms with Crippen LogP contribution in [0.2, 0.25) is 0 Å². The Morgan fingerprint density at radius 1 is 0.662 bits per heavy atom. The molecule has 6 nitrogen and oxygen atoms in total. The Kier molecular flexibility index (Phi) is 7.48. The molecule has 7 heteroatoms. The van der Waals surface area contributed by atoms with Crippen molar-refractivity contribution in [3.63, 3.8) is 0 Å². The van der Waals surface area contributed by atoms with Crippen LogP contribution >= 0.6 is 0 Å². The van der Waals surface area contributed by atoms with Crippen LogP contribution in [0.5, 0.6) is 11.5 Å². The number of hydrogen-bond acceptors (Lipinski definition) is 3. The Morgan fingerprint density at radius 2 is 1.34 bits per heavy atom. The molecule has 8 aromatic carbocycles. The van der Waals surface area contributed by atoms with E-state index >= 15 is 0 Å². The monoisotopic (exact) mass is 1030 g/mol. The number of fused-ring (bicyclic) bond motifs is 8. The molecule has 0 saturated carbocycles. The minimum absolute atomic E-state index is 0. The van der Waals surface area contributed by atoms with E-state index in [1.807, 2.05) is 72.9 Å². The van der Waals surface area contributed by atoms with Gasteiger partial charge in [-0.1, -0.05) is 160 Å². The summed E-state index contributed by atoms with van der Waals surface area (Å²) in [5.74, 6) is 1.43. The van der Waals surface area contributed by atoms with Crippen molar-refractivity contribution in [2.24, 2.45) is 0 Å². The number of nitrogens with zero attached hydrogens (tertiary/aromatic N) is 4. The van der Waals surface area contributed by atoms with Crippen LogP contribution in [0.25, 0.3) is 94.2 Å². The van der Waals surface area contributed by atoms with Crippen LogP contribution in [0.3, 0.4) is 0 Å². The summed E-state index contributed by atoms with van der Waals surface area (Å²) < 4.78 is 106. The SMILES string of the molecule is [2H]c1c([2H])c([2H])c(-c2cccc(-c3c([2H])c([2H])c([2H])c([2H])c3[2H])c2-[n+]2[c-]n(-c3[c-]c(Oc4[c-]c5c(cc4)c4ccc6c7ccccc7oc6c4n5-c4cc(C(C)(C)C)ccn4)ccc3)c3ccccc32)c([2H])c1[2H].[Pt]. The first-order chi connectivity index (χ1) is 35.5. The minimum Gasteiger partial charge on any atom is -0.510 e. The van der Waals surface area contributed by atoms with Crippen molar-refractivity contribution in [1.29, 1.82) is 0 Å². The average Bonchev–Trinajstić information content (AvgIpc) is 4.10. The molecule has 0 aliphatic carbocycles. The topological polar surface area (TPSA) is 49.0 Å². The van der Waals surface area contributed by atoms with Gasteiger partial charge in [0, 0.05) is 49.5 Å². The van der Waals surface area contributed by atoms with Gasteiger partial charge in [-0.2, -0.15) is 18.2 Å². The molecule has 0 radical (unpaired) electrons. The molecule has 316 valence electrons. The Labute approximate surface area is 404 Å². The van der Waals surface area contributed by atoms with Crippen LogP contribution < -0.4 is 9.30 Å². The van der Waals surface area contributed by atoms with Crippen molar-refractivity contribution in [3.8, 4) is 50.9 Å². The molecule has 0 aliphatic heterocycles. The zero-order chi connectivity index (χ0) is 51.6. The van der Waals surface area contributed by atoms with Crippen molar-refractivity contribution >= 4 is 54.8 Å². The van der Waals surface area contributed by atoms with Crippen LogP contribution in [0.15, 0.2) is 192 Å². The number of ether oxygens (including phenoxy) is 1. The van der Waals surface area contributed by atoms with Crippen LogP contribution in [-0.2, 0) is 26.5 Å². The van der Waals surface area contributed by atoms with Crippen molar-refractivity contribution in [3.05, 3.63) is 212 Å². The fraction of sp³-hybridized carbons (Fsp3) is 0.0690. The number of pyridine rings is 1. The number of imidazole rings is 1. The number of benzene rings is 8. The summed E-state index contributed by atoms with van der Waals surface area (Å²) >= 11 is 0. The molecule has 65 heavy (non-hydrogen) atoms. The third-order valence-electron chi connectivity index (χ3n) is 11.6. The minimum atomic E-state index is -0.576. The smallest absolute Gasteiger partial charge is 0.268 e. The van der Waals surface area contributed by atoms with Crippen LogP contribution in [0, 0.1) is 18.5 Å². The van der Waals surface area contributed by atoms with Crippen molar-refractivity contribution in [2.75, 3.05) is 0 Å². The third kappa shape index (κ3) is 6.84. The van der Waals surface area contributed by atoms with Gasteiger partial charge >= 0.3 is 0 Å². The molecule has 0 fully saturated rings. The van der Waals surface area contributed by atoms with Gasteiger partial charge in [-0.05, 0) is 62.5 Å². The van der Waals surface area contributed by atoms with Gasteiger partial charge in [0.05, 0.1) is 35.9 Å². The summed E-state index contributed by atoms with van der Waals surface area (Å²) in [6.07, 6.45) is 5.23. The first-order valence-corrected chi connectivity index (χ1v) is 20.7. The fourth-order valence-corrected chi connectivity index (χ4v) is 8.59. The molecule has 0 aliphatic rings. The Morgan fingerprint density at radius 3 is 2.11 bits per heavy atom. The fourth-order valence-electron chi connectivity index (χ4n) is 8.59. The predicted octanol–water partition coefficient (Wildman–Crippen LogP) is 14.1. The molecule has 0 N–H and O–H groups in total. The van der Waals surface area contributed by atoms with Gasteiger partial charge in [0.15, 0.2) is 5.58 Å². The molecular formula is C58H40N4O2Pt-2. The Bertz CT molecular complexity index is 4220. The van der Waals surface area contributed by atoms with Crippen LogP contribution in [0.4, 0.5) is 0 Å². The van der Waals surface area contributed by atoms with Gasteiger partial charge in [-0.15, -0.1) is 29.7 Å². The molecule has 0 spiro atoms. The molecule has 4 heterocycles. The Hall–Kier alpha value is -7.53. The molecule has 4 aromatic heterocycles. The molecular weight excluding hydrogens is 980 g/mol. The summed E-state index contributed by atoms with van der Waals surface area (Å²) in [5.41, 5.74) is 5.76. The second kappa shape index (κ2) is 15.9. The summed E-state index contributed by atoms with van der Waals surface area (Å²) in [7, 11) is 0. The molecule has 0 atom stereocenters. The summed E-state index contributed by atoms with van der Waals surface area (Å²) in [6.45, 7) is 6.49. The van der Waals surface area contributed by atoms with Gasteiger partial charge < -0.3 is 18.3 Å². The number of furan rings is 1. The normalized spacial score (nSPS) is 14.0. The molecule has 12 rings (SSSR count). The van der Waals surface area contributed by atoms with E-state index in [2.05, 4.69) is 68.1 Å². The van der Waals surface area contributed by atoms with Gasteiger partial charge in [0.25, 0.3) is 6.33 Å². The van der Waals surface area contributed by atoms with Gasteiger partial charge in [-0.25, -0.2) is 4.98 Å². The molecule has 0 amide bonds. The maximum atomic E-state index is 9.03. The number of hydrogen-bond donors (Lipinski definition) is 0. The predicted molar refractivity (Wildman–Crippen MR) is 257 cm³/mol. The largest absolute Gasteiger partial charge is 0.510 e. The van der Waals surface area contributed by atoms with Gasteiger partial charge in [-0.3, -0.25) is 4.57 Å². The van der Waals surface area contributed by atoms with E-state index in [0.29, 0.717) is 34.0 Å². The Balaban J connectivity index is 0.00000602. The third-order valence-corrected chi connectivity index (χ3v) is 11.6. The summed E-state index contributed by atoms with van der Waals surface area (Å²) in [4.78, 5) is 4.91. The van der Waals surface area contributed by atoms with Gasteiger partial charge in [0.2, 0.25) is 0 Å². The standard InChI is InChI=1S/C58H40N4O2.Pt/c1-58(2,3)40-32-33-59-54(34-40)62-52-36-43(28-29-46(52)48-30-31-49-47-22-10-13-27-53(47)64-57(49)56(48)62)63-42-21-14-20-41(35-42)60-37-61(51-26-12-11-25-50(51)60)55-44(38-16-6-4-7-17-38)23-15-24-45(55)39-18-8-5-9-19-39;/h4-34H,1-3H3;/q-2;/i4D,5D,6D,7D,8D,9D,16D,17D,18D,19D;. The first kappa shape index (κ1) is 30.5. The number of rotatable bonds is 7. The molecule has 0 saturated heterocycles. The number of aromatic nitrogens is 4. The molecule has 0 bridgehead atoms. The van der Waals surface area contributed by atoms with Crippen molar-refractivity contribution in [2.45, 2.75) is 26.2 Å². The average molecular weight is 1030 g/mol. The van der Waals surface area contributed by atoms with E-state index in [0.717, 1.165) is 49.3 Å². The van der Waals surface area contributed by atoms with Crippen LogP contribution in [-0.4, -0.2) is 14.1 Å². The van der Waals surface area contributed by atoms with E-state index in [1.54, 1.807) is 39.5 Å². The maximum Gasteiger partial charge on any atom is 0.268 e. The van der Waals surface area contributed by atoms with E-state index in [4.69, 9.17) is 27.8 Å². The van der Waals surface area contributed by atoms with E-state index < -0.39 is 60.4 Å². The van der Waals surface area contributed by atoms with Crippen LogP contribution in [0.1, 0.15) is 40.0 Å².